The van der Waals surface area contributed by atoms with E-state index >= 15 is 0 Å². The Morgan fingerprint density at radius 3 is 1.75 bits per heavy atom. The standard InChI is InChI=1S/C66H75N9O10/c1-41(2)63(70-61(77)12-9-8-10-23-73-43(4)13-22-62(73)78)56(76)30-42(3)64(79)69-48-18-14-44(15-19-48)46-31-50-37-67-54-35-59(57(82-6)33-52(54)65(80)74(50)39-46)84-28-11-29-85-60-36-55-53(34-58(60)83-7)66(81)75-40-47(32-51(75)38-68-55)45-16-20-49(21-17-45)72-26-24-71(5)25-27-72/h13-22,33-42,50-51,63H,4,8-12,23-32H2,1-3,5-7H3,(H,69,79)(H,70,77)/t42-,50+,51+,63+/m1/s1. The molecule has 0 bridgehead atoms. The van der Waals surface area contributed by atoms with Crippen molar-refractivity contribution in [3.05, 3.63) is 132 Å². The number of benzene rings is 4. The minimum atomic E-state index is -0.726. The van der Waals surface area contributed by atoms with E-state index in [1.165, 1.54) is 18.9 Å². The summed E-state index contributed by atoms with van der Waals surface area (Å²) in [5.41, 5.74) is 8.14. The van der Waals surface area contributed by atoms with Crippen LogP contribution in [-0.2, 0) is 19.2 Å². The number of rotatable bonds is 24. The molecule has 1 fully saturated rings. The Balaban J connectivity index is 0.682. The summed E-state index contributed by atoms with van der Waals surface area (Å²) < 4.78 is 23.9. The second-order valence-electron chi connectivity index (χ2n) is 22.8. The topological polar surface area (TPSA) is 204 Å². The number of carbonyl (C=O) groups is 6. The lowest BCUT2D eigenvalue weighted by atomic mass is 9.92. The van der Waals surface area contributed by atoms with E-state index in [1.54, 1.807) is 77.4 Å². The SMILES string of the molecule is C=C1C=CC(=O)N1CCCCCC(=O)N[C@H](C(=O)C[C@@H](C)C(=O)Nc1ccc(C2=CN3C(=O)c4cc(OC)c(OCCCOc5cc6c(cc5OC)C(=O)N5C=C(c7ccc(N8CCN(C)CC8)cc7)C[C@H]5C=N6)cc4N=C[C@@H]3C2)cc1)C(C)C. The number of hydrogen-bond donors (Lipinski definition) is 2. The van der Waals surface area contributed by atoms with Crippen LogP contribution in [0.25, 0.3) is 11.1 Å². The highest BCUT2D eigenvalue weighted by Crippen LogP contribution is 2.42. The summed E-state index contributed by atoms with van der Waals surface area (Å²) in [6, 6.07) is 21.5. The number of nitrogens with zero attached hydrogens (tertiary/aromatic N) is 7. The van der Waals surface area contributed by atoms with Crippen LogP contribution in [0.2, 0.25) is 0 Å². The van der Waals surface area contributed by atoms with Gasteiger partial charge >= 0.3 is 0 Å². The number of fused-ring (bicyclic) bond motifs is 4. The van der Waals surface area contributed by atoms with Crippen molar-refractivity contribution >= 4 is 81.6 Å². The van der Waals surface area contributed by atoms with E-state index in [1.807, 2.05) is 44.6 Å². The van der Waals surface area contributed by atoms with E-state index in [-0.39, 0.29) is 79.4 Å². The average molecular weight is 1150 g/mol. The van der Waals surface area contributed by atoms with E-state index in [0.29, 0.717) is 89.1 Å². The van der Waals surface area contributed by atoms with Gasteiger partial charge in [0.25, 0.3) is 17.7 Å². The molecule has 2 N–H and O–H groups in total. The zero-order valence-electron chi connectivity index (χ0n) is 49.3. The van der Waals surface area contributed by atoms with Crippen molar-refractivity contribution in [3.63, 3.8) is 0 Å². The number of methoxy groups -OCH3 is 2. The lowest BCUT2D eigenvalue weighted by molar-refractivity contribution is -0.130. The molecule has 0 radical (unpaired) electrons. The summed E-state index contributed by atoms with van der Waals surface area (Å²) in [4.78, 5) is 99.1. The van der Waals surface area contributed by atoms with Gasteiger partial charge < -0.3 is 54.1 Å². The first kappa shape index (κ1) is 59.3. The number of likely N-dealkylation sites (N-methyl/N-ethyl adjacent to an activating group) is 1. The third-order valence-corrected chi connectivity index (χ3v) is 16.5. The number of ether oxygens (including phenoxy) is 4. The molecule has 6 aliphatic heterocycles. The van der Waals surface area contributed by atoms with Gasteiger partial charge in [0.2, 0.25) is 11.8 Å². The predicted octanol–water partition coefficient (Wildman–Crippen LogP) is 9.39. The van der Waals surface area contributed by atoms with Crippen LogP contribution in [0.5, 0.6) is 23.0 Å². The molecular weight excluding hydrogens is 1080 g/mol. The van der Waals surface area contributed by atoms with Crippen molar-refractivity contribution in [1.82, 2.24) is 24.9 Å². The van der Waals surface area contributed by atoms with Crippen molar-refractivity contribution in [2.24, 2.45) is 21.8 Å². The number of nitrogens with one attached hydrogen (secondary N) is 2. The molecule has 85 heavy (non-hydrogen) atoms. The molecule has 0 spiro atoms. The van der Waals surface area contributed by atoms with Crippen molar-refractivity contribution < 1.29 is 47.7 Å². The van der Waals surface area contributed by atoms with Gasteiger partial charge in [0.15, 0.2) is 28.8 Å². The highest BCUT2D eigenvalue weighted by molar-refractivity contribution is 6.07. The third-order valence-electron chi connectivity index (χ3n) is 16.5. The summed E-state index contributed by atoms with van der Waals surface area (Å²) in [6.07, 6.45) is 14.5. The Hall–Kier alpha value is -8.84. The van der Waals surface area contributed by atoms with Crippen LogP contribution in [0.3, 0.4) is 0 Å². The zero-order chi connectivity index (χ0) is 59.9. The van der Waals surface area contributed by atoms with Gasteiger partial charge in [0.05, 0.1) is 68.1 Å². The number of piperazine rings is 1. The number of carbonyl (C=O) groups excluding carboxylic acids is 6. The molecule has 6 aliphatic rings. The summed E-state index contributed by atoms with van der Waals surface area (Å²) in [6.45, 7) is 14.4. The fraction of sp³-hybridized carbons (Fsp3) is 0.394. The summed E-state index contributed by atoms with van der Waals surface area (Å²) in [7, 11) is 5.21. The Labute approximate surface area is 496 Å². The van der Waals surface area contributed by atoms with Gasteiger partial charge in [-0.25, -0.2) is 0 Å². The molecule has 4 aromatic rings. The molecule has 5 amide bonds. The maximum Gasteiger partial charge on any atom is 0.260 e. The van der Waals surface area contributed by atoms with Crippen LogP contribution >= 0.6 is 0 Å². The van der Waals surface area contributed by atoms with E-state index in [9.17, 15) is 28.8 Å². The van der Waals surface area contributed by atoms with Crippen LogP contribution in [0.4, 0.5) is 22.7 Å². The van der Waals surface area contributed by atoms with Crippen LogP contribution in [0.15, 0.2) is 120 Å². The number of unbranched alkanes of at least 4 members (excludes halogenated alkanes) is 2. The van der Waals surface area contributed by atoms with Gasteiger partial charge in [-0.05, 0) is 90.6 Å². The molecule has 0 aliphatic carbocycles. The van der Waals surface area contributed by atoms with Gasteiger partial charge in [-0.1, -0.05) is 58.0 Å². The molecule has 19 nitrogen and oxygen atoms in total. The summed E-state index contributed by atoms with van der Waals surface area (Å²) in [5, 5.41) is 5.81. The summed E-state index contributed by atoms with van der Waals surface area (Å²) >= 11 is 0. The molecule has 4 atom stereocenters. The molecule has 444 valence electrons. The van der Waals surface area contributed by atoms with Crippen molar-refractivity contribution in [2.45, 2.75) is 90.3 Å². The lowest BCUT2D eigenvalue weighted by Crippen LogP contribution is -2.45. The lowest BCUT2D eigenvalue weighted by Gasteiger charge is -2.34. The number of Topliss-reactive ketones (excluding diaryl/α,β-unsaturated/α-hetero) is 1. The smallest absolute Gasteiger partial charge is 0.260 e. The minimum Gasteiger partial charge on any atom is -0.493 e. The summed E-state index contributed by atoms with van der Waals surface area (Å²) in [5.74, 6) is -0.387. The molecule has 19 heteroatoms. The number of anilines is 2. The molecule has 0 aromatic heterocycles. The van der Waals surface area contributed by atoms with Gasteiger partial charge in [-0.15, -0.1) is 0 Å². The third kappa shape index (κ3) is 13.6. The molecule has 1 saturated heterocycles. The van der Waals surface area contributed by atoms with Crippen molar-refractivity contribution in [2.75, 3.05) is 77.4 Å². The quantitative estimate of drug-likeness (QED) is 0.0630. The normalized spacial score (nSPS) is 18.7. The molecule has 10 rings (SSSR count). The molecule has 0 saturated carbocycles. The fourth-order valence-electron chi connectivity index (χ4n) is 11.4. The molecular formula is C66H75N9O10. The van der Waals surface area contributed by atoms with E-state index in [0.717, 1.165) is 61.3 Å². The Kier molecular flexibility index (Phi) is 18.4. The Morgan fingerprint density at radius 1 is 0.682 bits per heavy atom. The second-order valence-corrected chi connectivity index (χ2v) is 22.8. The predicted molar refractivity (Wildman–Crippen MR) is 328 cm³/mol. The first-order valence-electron chi connectivity index (χ1n) is 29.4. The zero-order valence-corrected chi connectivity index (χ0v) is 49.3. The fourth-order valence-corrected chi connectivity index (χ4v) is 11.4. The Morgan fingerprint density at radius 2 is 1.24 bits per heavy atom. The van der Waals surface area contributed by atoms with Gasteiger partial charge in [-0.2, -0.15) is 0 Å². The van der Waals surface area contributed by atoms with Gasteiger partial charge in [-0.3, -0.25) is 38.8 Å². The first-order chi connectivity index (χ1) is 41.0. The minimum absolute atomic E-state index is 0.0436. The van der Waals surface area contributed by atoms with Crippen LogP contribution in [0.1, 0.15) is 104 Å². The monoisotopic (exact) mass is 1150 g/mol. The van der Waals surface area contributed by atoms with E-state index in [4.69, 9.17) is 28.9 Å². The molecule has 6 heterocycles. The highest BCUT2D eigenvalue weighted by Gasteiger charge is 2.36. The van der Waals surface area contributed by atoms with Crippen LogP contribution in [-0.4, -0.2) is 153 Å². The average Bonchev–Trinajstić information content (AvgIpc) is 3.22. The number of amides is 5. The maximum atomic E-state index is 14.2. The second kappa shape index (κ2) is 26.4. The van der Waals surface area contributed by atoms with Gasteiger partial charge in [0.1, 0.15) is 0 Å². The maximum absolute atomic E-state index is 14.2. The first-order valence-corrected chi connectivity index (χ1v) is 29.4. The van der Waals surface area contributed by atoms with E-state index in [2.05, 4.69) is 58.3 Å². The molecule has 0 unspecified atom stereocenters. The van der Waals surface area contributed by atoms with E-state index < -0.39 is 12.0 Å². The van der Waals surface area contributed by atoms with Crippen LogP contribution < -0.4 is 34.5 Å². The molecule has 4 aromatic carbocycles. The number of allylic oxidation sites excluding steroid dienone is 1. The Bertz CT molecular complexity index is 3380. The number of aliphatic imine (C=N–C) groups is 2. The van der Waals surface area contributed by atoms with Gasteiger partial charge in [0, 0.05) is 131 Å². The highest BCUT2D eigenvalue weighted by atomic mass is 16.5. The number of ketones is 1. The van der Waals surface area contributed by atoms with Crippen molar-refractivity contribution in [1.29, 1.82) is 0 Å². The van der Waals surface area contributed by atoms with Crippen LogP contribution in [0, 0.1) is 11.8 Å². The number of hydrogen-bond acceptors (Lipinski definition) is 14. The van der Waals surface area contributed by atoms with Crippen molar-refractivity contribution in [3.8, 4) is 23.0 Å². The largest absolute Gasteiger partial charge is 0.493 e.